The number of ether oxygens (including phenoxy) is 4. The summed E-state index contributed by atoms with van der Waals surface area (Å²) in [7, 11) is 5.03. The van der Waals surface area contributed by atoms with Crippen molar-refractivity contribution in [1.82, 2.24) is 0 Å². The maximum Gasteiger partial charge on any atom is 0.177 e. The average molecular weight is 242 g/mol. The highest BCUT2D eigenvalue weighted by Crippen LogP contribution is 2.47. The summed E-state index contributed by atoms with van der Waals surface area (Å²) in [5, 5.41) is 0. The fraction of sp³-hybridized carbons (Fsp3) is 0.846. The lowest BCUT2D eigenvalue weighted by atomic mass is 9.70. The van der Waals surface area contributed by atoms with Gasteiger partial charge < -0.3 is 18.9 Å². The van der Waals surface area contributed by atoms with E-state index in [1.807, 2.05) is 0 Å². The molecule has 3 unspecified atom stereocenters. The van der Waals surface area contributed by atoms with Gasteiger partial charge in [0.15, 0.2) is 12.6 Å². The Labute approximate surface area is 103 Å². The van der Waals surface area contributed by atoms with Crippen molar-refractivity contribution in [1.29, 1.82) is 0 Å². The van der Waals surface area contributed by atoms with Gasteiger partial charge in [0.2, 0.25) is 0 Å². The molecule has 17 heavy (non-hydrogen) atoms. The maximum absolute atomic E-state index is 5.94. The molecule has 0 bridgehead atoms. The molecule has 0 aromatic rings. The lowest BCUT2D eigenvalue weighted by Crippen LogP contribution is -2.48. The van der Waals surface area contributed by atoms with E-state index in [1.165, 1.54) is 5.57 Å². The Morgan fingerprint density at radius 1 is 1.35 bits per heavy atom. The van der Waals surface area contributed by atoms with Crippen LogP contribution >= 0.6 is 0 Å². The van der Waals surface area contributed by atoms with E-state index in [0.29, 0.717) is 0 Å². The Balaban J connectivity index is 2.21. The minimum absolute atomic E-state index is 0.0473. The fourth-order valence-corrected chi connectivity index (χ4v) is 3.12. The van der Waals surface area contributed by atoms with Gasteiger partial charge >= 0.3 is 0 Å². The van der Waals surface area contributed by atoms with Crippen LogP contribution < -0.4 is 0 Å². The van der Waals surface area contributed by atoms with Crippen LogP contribution in [0.15, 0.2) is 11.6 Å². The highest BCUT2D eigenvalue weighted by molar-refractivity contribution is 5.22. The standard InChI is InChI=1S/C13H22O4/c1-13(12(15-3)16-4)7-5-6-9-8-10(14-2)17-11(9)13/h8,10-12H,5-7H2,1-4H3. The smallest absolute Gasteiger partial charge is 0.177 e. The van der Waals surface area contributed by atoms with Crippen molar-refractivity contribution in [3.63, 3.8) is 0 Å². The predicted octanol–water partition coefficient (Wildman–Crippen LogP) is 2.09. The topological polar surface area (TPSA) is 36.9 Å². The monoisotopic (exact) mass is 242 g/mol. The van der Waals surface area contributed by atoms with Gasteiger partial charge in [-0.15, -0.1) is 0 Å². The molecule has 1 fully saturated rings. The first kappa shape index (κ1) is 13.0. The van der Waals surface area contributed by atoms with Crippen LogP contribution in [0.5, 0.6) is 0 Å². The van der Waals surface area contributed by atoms with Gasteiger partial charge in [-0.1, -0.05) is 6.92 Å². The van der Waals surface area contributed by atoms with Gasteiger partial charge in [0.25, 0.3) is 0 Å². The summed E-state index contributed by atoms with van der Waals surface area (Å²) in [4.78, 5) is 0. The molecular formula is C13H22O4. The second-order valence-electron chi connectivity index (χ2n) is 5.02. The maximum atomic E-state index is 5.94. The molecule has 0 amide bonds. The van der Waals surface area contributed by atoms with E-state index in [-0.39, 0.29) is 24.1 Å². The highest BCUT2D eigenvalue weighted by atomic mass is 16.7. The molecule has 1 aliphatic heterocycles. The lowest BCUT2D eigenvalue weighted by molar-refractivity contribution is -0.228. The van der Waals surface area contributed by atoms with Crippen LogP contribution in [0.1, 0.15) is 26.2 Å². The van der Waals surface area contributed by atoms with Gasteiger partial charge in [0.1, 0.15) is 0 Å². The molecule has 0 aromatic heterocycles. The molecular weight excluding hydrogens is 220 g/mol. The highest BCUT2D eigenvalue weighted by Gasteiger charge is 2.49. The first-order chi connectivity index (χ1) is 8.15. The number of methoxy groups -OCH3 is 3. The largest absolute Gasteiger partial charge is 0.355 e. The second kappa shape index (κ2) is 5.06. The molecule has 0 aromatic carbocycles. The summed E-state index contributed by atoms with van der Waals surface area (Å²) in [6.45, 7) is 2.17. The second-order valence-corrected chi connectivity index (χ2v) is 5.02. The van der Waals surface area contributed by atoms with Crippen molar-refractivity contribution in [2.24, 2.45) is 5.41 Å². The molecule has 4 nitrogen and oxygen atoms in total. The normalized spacial score (nSPS) is 37.1. The minimum atomic E-state index is -0.244. The fourth-order valence-electron chi connectivity index (χ4n) is 3.12. The molecule has 0 spiro atoms. The molecule has 98 valence electrons. The van der Waals surface area contributed by atoms with Crippen LogP contribution in [-0.4, -0.2) is 40.0 Å². The van der Waals surface area contributed by atoms with Crippen LogP contribution in [0.25, 0.3) is 0 Å². The van der Waals surface area contributed by atoms with Crippen molar-refractivity contribution in [3.05, 3.63) is 11.6 Å². The van der Waals surface area contributed by atoms with Gasteiger partial charge in [-0.05, 0) is 30.9 Å². The van der Waals surface area contributed by atoms with Gasteiger partial charge in [-0.3, -0.25) is 0 Å². The molecule has 3 atom stereocenters. The summed E-state index contributed by atoms with van der Waals surface area (Å²) < 4.78 is 22.1. The molecule has 1 saturated carbocycles. The van der Waals surface area contributed by atoms with Crippen LogP contribution in [0.2, 0.25) is 0 Å². The summed E-state index contributed by atoms with van der Waals surface area (Å²) in [5.74, 6) is 0. The molecule has 1 heterocycles. The van der Waals surface area contributed by atoms with E-state index >= 15 is 0 Å². The van der Waals surface area contributed by atoms with E-state index in [0.717, 1.165) is 19.3 Å². The Morgan fingerprint density at radius 2 is 2.06 bits per heavy atom. The molecule has 2 aliphatic rings. The van der Waals surface area contributed by atoms with Crippen LogP contribution in [-0.2, 0) is 18.9 Å². The van der Waals surface area contributed by atoms with E-state index in [2.05, 4.69) is 13.0 Å². The zero-order valence-corrected chi connectivity index (χ0v) is 11.1. The van der Waals surface area contributed by atoms with Crippen molar-refractivity contribution < 1.29 is 18.9 Å². The quantitative estimate of drug-likeness (QED) is 0.559. The molecule has 1 aliphatic carbocycles. The molecule has 0 saturated heterocycles. The summed E-state index contributed by atoms with van der Waals surface area (Å²) >= 11 is 0. The molecule has 0 N–H and O–H groups in total. The Hall–Kier alpha value is -0.420. The van der Waals surface area contributed by atoms with Gasteiger partial charge in [-0.25, -0.2) is 0 Å². The molecule has 0 radical (unpaired) electrons. The van der Waals surface area contributed by atoms with Gasteiger partial charge in [-0.2, -0.15) is 0 Å². The van der Waals surface area contributed by atoms with Gasteiger partial charge in [0, 0.05) is 26.7 Å². The van der Waals surface area contributed by atoms with Crippen molar-refractivity contribution in [3.8, 4) is 0 Å². The minimum Gasteiger partial charge on any atom is -0.355 e. The predicted molar refractivity (Wildman–Crippen MR) is 63.5 cm³/mol. The van der Waals surface area contributed by atoms with Gasteiger partial charge in [0.05, 0.1) is 6.10 Å². The van der Waals surface area contributed by atoms with Crippen molar-refractivity contribution in [2.75, 3.05) is 21.3 Å². The summed E-state index contributed by atoms with van der Waals surface area (Å²) in [5.41, 5.74) is 1.19. The Kier molecular flexibility index (Phi) is 3.88. The first-order valence-electron chi connectivity index (χ1n) is 6.10. The summed E-state index contributed by atoms with van der Waals surface area (Å²) in [6.07, 6.45) is 4.93. The van der Waals surface area contributed by atoms with E-state index in [4.69, 9.17) is 18.9 Å². The zero-order chi connectivity index (χ0) is 12.5. The SMILES string of the molecule is COC1C=C2CCCC(C)(C(OC)OC)C2O1. The first-order valence-corrected chi connectivity index (χ1v) is 6.10. The van der Waals surface area contributed by atoms with Crippen LogP contribution in [0.3, 0.4) is 0 Å². The number of hydrogen-bond acceptors (Lipinski definition) is 4. The third kappa shape index (κ3) is 2.15. The summed E-state index contributed by atoms with van der Waals surface area (Å²) in [6, 6.07) is 0. The molecule has 4 heteroatoms. The van der Waals surface area contributed by atoms with Crippen molar-refractivity contribution in [2.45, 2.75) is 44.9 Å². The number of rotatable bonds is 4. The van der Waals surface area contributed by atoms with Crippen LogP contribution in [0, 0.1) is 5.41 Å². The van der Waals surface area contributed by atoms with Crippen LogP contribution in [0.4, 0.5) is 0 Å². The molecule has 2 rings (SSSR count). The average Bonchev–Trinajstić information content (AvgIpc) is 2.75. The number of hydrogen-bond donors (Lipinski definition) is 0. The third-order valence-corrected chi connectivity index (χ3v) is 3.94. The van der Waals surface area contributed by atoms with E-state index < -0.39 is 0 Å². The van der Waals surface area contributed by atoms with Crippen molar-refractivity contribution >= 4 is 0 Å². The number of fused-ring (bicyclic) bond motifs is 1. The Bertz CT molecular complexity index is 298. The zero-order valence-electron chi connectivity index (χ0n) is 11.1. The Morgan fingerprint density at radius 3 is 2.65 bits per heavy atom. The lowest BCUT2D eigenvalue weighted by Gasteiger charge is -2.44. The third-order valence-electron chi connectivity index (χ3n) is 3.94. The van der Waals surface area contributed by atoms with E-state index in [9.17, 15) is 0 Å². The van der Waals surface area contributed by atoms with E-state index in [1.54, 1.807) is 21.3 Å².